The van der Waals surface area contributed by atoms with Crippen LogP contribution in [0.15, 0.2) is 46.7 Å². The lowest BCUT2D eigenvalue weighted by molar-refractivity contribution is 0.173. The fourth-order valence-electron chi connectivity index (χ4n) is 2.08. The summed E-state index contributed by atoms with van der Waals surface area (Å²) >= 11 is 3.57. The van der Waals surface area contributed by atoms with Gasteiger partial charge in [0.25, 0.3) is 0 Å². The van der Waals surface area contributed by atoms with E-state index in [1.807, 2.05) is 30.0 Å². The van der Waals surface area contributed by atoms with Crippen molar-refractivity contribution < 1.29 is 5.11 Å². The molecule has 4 heteroatoms. The van der Waals surface area contributed by atoms with Gasteiger partial charge in [-0.1, -0.05) is 32.0 Å². The minimum Gasteiger partial charge on any atom is -0.388 e. The topological polar surface area (TPSA) is 23.5 Å². The number of nitrogens with zero attached hydrogens (tertiary/aromatic N) is 1. The van der Waals surface area contributed by atoms with Crippen molar-refractivity contribution in [3.63, 3.8) is 0 Å². The van der Waals surface area contributed by atoms with E-state index in [9.17, 15) is 5.11 Å². The highest BCUT2D eigenvalue weighted by Gasteiger charge is 2.12. The van der Waals surface area contributed by atoms with Gasteiger partial charge in [0.1, 0.15) is 0 Å². The van der Waals surface area contributed by atoms with Crippen LogP contribution < -0.4 is 4.90 Å². The fraction of sp³-hybridized carbons (Fsp3) is 0.412. The number of aliphatic hydroxyl groups is 1. The highest BCUT2D eigenvalue weighted by molar-refractivity contribution is 8.01. The van der Waals surface area contributed by atoms with Crippen LogP contribution in [0.3, 0.4) is 0 Å². The van der Waals surface area contributed by atoms with Crippen molar-refractivity contribution in [2.24, 2.45) is 0 Å². The molecule has 1 aromatic carbocycles. The van der Waals surface area contributed by atoms with Gasteiger partial charge in [-0.05, 0) is 30.7 Å². The van der Waals surface area contributed by atoms with E-state index in [-0.39, 0.29) is 6.10 Å². The van der Waals surface area contributed by atoms with E-state index in [1.54, 1.807) is 11.3 Å². The standard InChI is InChI=1S/C17H23NOS2/c1-13(2)20-17-10-9-16(21-17)15(19)11-12-18(3)14-7-5-4-6-8-14/h4-10,13,15,19H,11-12H2,1-3H3. The van der Waals surface area contributed by atoms with E-state index in [4.69, 9.17) is 0 Å². The first-order valence-corrected chi connectivity index (χ1v) is 8.96. The molecule has 0 aliphatic rings. The molecule has 0 fully saturated rings. The minimum atomic E-state index is -0.373. The summed E-state index contributed by atoms with van der Waals surface area (Å²) in [7, 11) is 2.07. The molecular weight excluding hydrogens is 298 g/mol. The Morgan fingerprint density at radius 3 is 2.52 bits per heavy atom. The molecule has 0 aliphatic heterocycles. The Morgan fingerprint density at radius 2 is 1.86 bits per heavy atom. The molecule has 0 spiro atoms. The summed E-state index contributed by atoms with van der Waals surface area (Å²) in [5.74, 6) is 0. The Labute approximate surface area is 135 Å². The lowest BCUT2D eigenvalue weighted by Crippen LogP contribution is -2.20. The Kier molecular flexibility index (Phi) is 6.15. The van der Waals surface area contributed by atoms with Gasteiger partial charge in [0.15, 0.2) is 0 Å². The van der Waals surface area contributed by atoms with Gasteiger partial charge in [-0.15, -0.1) is 23.1 Å². The largest absolute Gasteiger partial charge is 0.388 e. The molecule has 1 heterocycles. The maximum atomic E-state index is 10.3. The monoisotopic (exact) mass is 321 g/mol. The van der Waals surface area contributed by atoms with E-state index in [0.29, 0.717) is 5.25 Å². The third kappa shape index (κ3) is 5.06. The van der Waals surface area contributed by atoms with Crippen molar-refractivity contribution >= 4 is 28.8 Å². The number of thioether (sulfide) groups is 1. The molecule has 2 rings (SSSR count). The number of hydrogen-bond donors (Lipinski definition) is 1. The van der Waals surface area contributed by atoms with Gasteiger partial charge < -0.3 is 10.0 Å². The van der Waals surface area contributed by atoms with Crippen molar-refractivity contribution in [2.45, 2.75) is 35.8 Å². The van der Waals surface area contributed by atoms with Crippen LogP contribution in [-0.2, 0) is 0 Å². The summed E-state index contributed by atoms with van der Waals surface area (Å²) in [6, 6.07) is 14.5. The molecule has 2 aromatic rings. The number of benzene rings is 1. The molecular formula is C17H23NOS2. The fourth-order valence-corrected chi connectivity index (χ4v) is 4.51. The summed E-state index contributed by atoms with van der Waals surface area (Å²) in [6.07, 6.45) is 0.375. The second-order valence-corrected chi connectivity index (χ2v) is 8.38. The lowest BCUT2D eigenvalue weighted by atomic mass is 10.2. The van der Waals surface area contributed by atoms with Crippen molar-refractivity contribution in [3.8, 4) is 0 Å². The molecule has 1 N–H and O–H groups in total. The summed E-state index contributed by atoms with van der Waals surface area (Å²) < 4.78 is 1.29. The predicted octanol–water partition coefficient (Wildman–Crippen LogP) is 4.81. The smallest absolute Gasteiger partial charge is 0.0899 e. The van der Waals surface area contributed by atoms with Crippen LogP contribution in [0.5, 0.6) is 0 Å². The van der Waals surface area contributed by atoms with Gasteiger partial charge in [0.2, 0.25) is 0 Å². The molecule has 1 atom stereocenters. The highest BCUT2D eigenvalue weighted by Crippen LogP contribution is 2.34. The number of rotatable bonds is 7. The lowest BCUT2D eigenvalue weighted by Gasteiger charge is -2.20. The van der Waals surface area contributed by atoms with Crippen LogP contribution in [0, 0.1) is 0 Å². The Bertz CT molecular complexity index is 539. The van der Waals surface area contributed by atoms with E-state index in [2.05, 4.69) is 50.1 Å². The number of anilines is 1. The van der Waals surface area contributed by atoms with Gasteiger partial charge in [0, 0.05) is 29.4 Å². The Morgan fingerprint density at radius 1 is 1.14 bits per heavy atom. The second-order valence-electron chi connectivity index (χ2n) is 5.38. The summed E-state index contributed by atoms with van der Waals surface area (Å²) in [5, 5.41) is 10.9. The normalized spacial score (nSPS) is 12.6. The van der Waals surface area contributed by atoms with Crippen LogP contribution in [-0.4, -0.2) is 23.9 Å². The average molecular weight is 322 g/mol. The van der Waals surface area contributed by atoms with E-state index < -0.39 is 0 Å². The van der Waals surface area contributed by atoms with Crippen molar-refractivity contribution in [1.82, 2.24) is 0 Å². The summed E-state index contributed by atoms with van der Waals surface area (Å²) in [4.78, 5) is 3.25. The molecule has 1 unspecified atom stereocenters. The maximum absolute atomic E-state index is 10.3. The zero-order chi connectivity index (χ0) is 15.2. The second kappa shape index (κ2) is 7.87. The predicted molar refractivity (Wildman–Crippen MR) is 94.6 cm³/mol. The first-order chi connectivity index (χ1) is 10.1. The quantitative estimate of drug-likeness (QED) is 0.740. The first kappa shape index (κ1) is 16.4. The van der Waals surface area contributed by atoms with Gasteiger partial charge in [0.05, 0.1) is 10.3 Å². The van der Waals surface area contributed by atoms with Crippen molar-refractivity contribution in [1.29, 1.82) is 0 Å². The molecule has 2 nitrogen and oxygen atoms in total. The van der Waals surface area contributed by atoms with Gasteiger partial charge in [-0.3, -0.25) is 0 Å². The number of para-hydroxylation sites is 1. The van der Waals surface area contributed by atoms with Crippen LogP contribution in [0.25, 0.3) is 0 Å². The van der Waals surface area contributed by atoms with Gasteiger partial charge in [-0.2, -0.15) is 0 Å². The van der Waals surface area contributed by atoms with Crippen molar-refractivity contribution in [3.05, 3.63) is 47.3 Å². The third-order valence-corrected chi connectivity index (χ3v) is 5.58. The van der Waals surface area contributed by atoms with E-state index >= 15 is 0 Å². The van der Waals surface area contributed by atoms with Crippen LogP contribution in [0.4, 0.5) is 5.69 Å². The van der Waals surface area contributed by atoms with Crippen LogP contribution >= 0.6 is 23.1 Å². The van der Waals surface area contributed by atoms with Crippen LogP contribution in [0.1, 0.15) is 31.2 Å². The molecule has 0 saturated heterocycles. The molecule has 0 saturated carbocycles. The summed E-state index contributed by atoms with van der Waals surface area (Å²) in [6.45, 7) is 5.22. The molecule has 0 amide bonds. The first-order valence-electron chi connectivity index (χ1n) is 7.27. The molecule has 21 heavy (non-hydrogen) atoms. The average Bonchev–Trinajstić information content (AvgIpc) is 2.93. The highest BCUT2D eigenvalue weighted by atomic mass is 32.2. The zero-order valence-electron chi connectivity index (χ0n) is 12.8. The minimum absolute atomic E-state index is 0.373. The third-order valence-electron chi connectivity index (χ3n) is 3.22. The molecule has 114 valence electrons. The van der Waals surface area contributed by atoms with Crippen molar-refractivity contribution in [2.75, 3.05) is 18.5 Å². The molecule has 0 radical (unpaired) electrons. The Balaban J connectivity index is 1.86. The SMILES string of the molecule is CC(C)Sc1ccc(C(O)CCN(C)c2ccccc2)s1. The van der Waals surface area contributed by atoms with E-state index in [1.165, 1.54) is 9.90 Å². The number of thiophene rings is 1. The molecule has 1 aromatic heterocycles. The summed E-state index contributed by atoms with van der Waals surface area (Å²) in [5.41, 5.74) is 1.19. The maximum Gasteiger partial charge on any atom is 0.0899 e. The Hall–Kier alpha value is -0.970. The molecule has 0 aliphatic carbocycles. The van der Waals surface area contributed by atoms with Crippen LogP contribution in [0.2, 0.25) is 0 Å². The number of aliphatic hydroxyl groups excluding tert-OH is 1. The van der Waals surface area contributed by atoms with Gasteiger partial charge in [-0.25, -0.2) is 0 Å². The number of hydrogen-bond acceptors (Lipinski definition) is 4. The van der Waals surface area contributed by atoms with E-state index in [0.717, 1.165) is 17.8 Å². The zero-order valence-corrected chi connectivity index (χ0v) is 14.5. The molecule has 0 bridgehead atoms. The van der Waals surface area contributed by atoms with Gasteiger partial charge >= 0.3 is 0 Å².